The van der Waals surface area contributed by atoms with Gasteiger partial charge in [0.05, 0.1) is 17.5 Å². The van der Waals surface area contributed by atoms with Crippen molar-refractivity contribution < 1.29 is 9.53 Å². The number of nitrogens with zero attached hydrogens (tertiary/aromatic N) is 1. The summed E-state index contributed by atoms with van der Waals surface area (Å²) in [6.45, 7) is 2.88. The number of aromatic amines is 1. The van der Waals surface area contributed by atoms with E-state index in [1.54, 1.807) is 0 Å². The fraction of sp³-hybridized carbons (Fsp3) is 0.783. The molecule has 0 bridgehead atoms. The lowest BCUT2D eigenvalue weighted by Crippen LogP contribution is -2.30. The highest BCUT2D eigenvalue weighted by Crippen LogP contribution is 2.13. The zero-order valence-electron chi connectivity index (χ0n) is 18.6. The maximum Gasteiger partial charge on any atom is 0.328 e. The Balaban J connectivity index is 1.91. The van der Waals surface area contributed by atoms with E-state index in [4.69, 9.17) is 4.74 Å². The molecular formula is C23H39BrN2O4. The number of nitrogens with one attached hydrogen (secondary N) is 1. The first kappa shape index (κ1) is 26.7. The zero-order valence-corrected chi connectivity index (χ0v) is 20.1. The summed E-state index contributed by atoms with van der Waals surface area (Å²) < 4.78 is 6.78. The molecule has 1 rings (SSSR count). The Bertz CT molecular complexity index is 699. The zero-order chi connectivity index (χ0) is 22.0. The van der Waals surface area contributed by atoms with Crippen molar-refractivity contribution in [1.29, 1.82) is 0 Å². The molecule has 0 saturated carbocycles. The molecule has 0 aliphatic heterocycles. The van der Waals surface area contributed by atoms with Crippen molar-refractivity contribution in [1.82, 2.24) is 9.55 Å². The fourth-order valence-corrected chi connectivity index (χ4v) is 3.76. The maximum atomic E-state index is 11.8. The number of esters is 1. The Morgan fingerprint density at radius 1 is 0.900 bits per heavy atom. The molecule has 30 heavy (non-hydrogen) atoms. The molecule has 6 nitrogen and oxygen atoms in total. The van der Waals surface area contributed by atoms with Gasteiger partial charge in [-0.25, -0.2) is 4.79 Å². The molecule has 0 aliphatic carbocycles. The number of aromatic nitrogens is 2. The number of hydrogen-bond acceptors (Lipinski definition) is 4. The number of ether oxygens (including phenoxy) is 1. The Labute approximate surface area is 188 Å². The minimum atomic E-state index is -0.525. The average Bonchev–Trinajstić information content (AvgIpc) is 2.72. The van der Waals surface area contributed by atoms with Crippen LogP contribution >= 0.6 is 15.9 Å². The van der Waals surface area contributed by atoms with Crippen LogP contribution in [0, 0.1) is 0 Å². The third-order valence-corrected chi connectivity index (χ3v) is 5.85. The second-order valence-corrected chi connectivity index (χ2v) is 8.85. The molecule has 0 radical (unpaired) electrons. The highest BCUT2D eigenvalue weighted by molar-refractivity contribution is 9.10. The molecule has 1 N–H and O–H groups in total. The first-order chi connectivity index (χ1) is 14.5. The van der Waals surface area contributed by atoms with Gasteiger partial charge in [-0.3, -0.25) is 19.1 Å². The van der Waals surface area contributed by atoms with Gasteiger partial charge < -0.3 is 4.74 Å². The Morgan fingerprint density at radius 2 is 1.40 bits per heavy atom. The van der Waals surface area contributed by atoms with Crippen LogP contribution in [-0.2, 0) is 16.1 Å². The minimum absolute atomic E-state index is 0.108. The molecule has 7 heteroatoms. The van der Waals surface area contributed by atoms with E-state index in [-0.39, 0.29) is 23.4 Å². The van der Waals surface area contributed by atoms with Crippen molar-refractivity contribution in [3.8, 4) is 0 Å². The van der Waals surface area contributed by atoms with Crippen LogP contribution in [0.5, 0.6) is 0 Å². The van der Waals surface area contributed by atoms with Gasteiger partial charge >= 0.3 is 11.7 Å². The molecule has 0 saturated heterocycles. The van der Waals surface area contributed by atoms with Gasteiger partial charge in [-0.2, -0.15) is 0 Å². The number of rotatable bonds is 18. The summed E-state index contributed by atoms with van der Waals surface area (Å²) in [5.41, 5.74) is -1.00. The van der Waals surface area contributed by atoms with Crippen LogP contribution in [0.4, 0.5) is 0 Å². The summed E-state index contributed by atoms with van der Waals surface area (Å²) in [6.07, 6.45) is 19.6. The lowest BCUT2D eigenvalue weighted by Gasteiger charge is -2.07. The van der Waals surface area contributed by atoms with E-state index in [0.29, 0.717) is 6.61 Å². The second kappa shape index (κ2) is 17.3. The summed E-state index contributed by atoms with van der Waals surface area (Å²) in [5.74, 6) is -0.320. The third kappa shape index (κ3) is 13.0. The predicted molar refractivity (Wildman–Crippen MR) is 125 cm³/mol. The van der Waals surface area contributed by atoms with Crippen molar-refractivity contribution in [2.75, 3.05) is 6.61 Å². The summed E-state index contributed by atoms with van der Waals surface area (Å²) in [6, 6.07) is 0. The van der Waals surface area contributed by atoms with Crippen molar-refractivity contribution >= 4 is 21.9 Å². The summed E-state index contributed by atoms with van der Waals surface area (Å²) in [4.78, 5) is 36.9. The predicted octanol–water partition coefficient (Wildman–Crippen LogP) is 5.71. The van der Waals surface area contributed by atoms with Gasteiger partial charge in [-0.15, -0.1) is 0 Å². The molecule has 0 fully saturated rings. The number of H-pyrrole nitrogens is 1. The summed E-state index contributed by atoms with van der Waals surface area (Å²) in [5, 5.41) is 0. The SMILES string of the molecule is CCCCCCCCCCCCCCCCOC(=O)CCn1cc(Br)c(=O)[nH]c1=O. The van der Waals surface area contributed by atoms with Crippen molar-refractivity contribution in [2.45, 2.75) is 110 Å². The highest BCUT2D eigenvalue weighted by atomic mass is 79.9. The van der Waals surface area contributed by atoms with Crippen LogP contribution in [0.1, 0.15) is 103 Å². The topological polar surface area (TPSA) is 81.2 Å². The average molecular weight is 487 g/mol. The van der Waals surface area contributed by atoms with E-state index < -0.39 is 11.2 Å². The van der Waals surface area contributed by atoms with E-state index in [0.717, 1.165) is 12.8 Å². The number of carbonyl (C=O) groups excluding carboxylic acids is 1. The fourth-order valence-electron chi connectivity index (χ4n) is 3.42. The molecule has 172 valence electrons. The van der Waals surface area contributed by atoms with E-state index in [1.807, 2.05) is 0 Å². The van der Waals surface area contributed by atoms with Crippen molar-refractivity contribution in [3.05, 3.63) is 31.5 Å². The molecule has 0 spiro atoms. The van der Waals surface area contributed by atoms with E-state index in [2.05, 4.69) is 27.8 Å². The molecule has 0 unspecified atom stereocenters. The number of unbranched alkanes of at least 4 members (excludes halogenated alkanes) is 13. The molecule has 0 atom stereocenters. The minimum Gasteiger partial charge on any atom is -0.466 e. The molecule has 0 aromatic carbocycles. The van der Waals surface area contributed by atoms with Crippen LogP contribution < -0.4 is 11.2 Å². The summed E-state index contributed by atoms with van der Waals surface area (Å²) >= 11 is 3.07. The van der Waals surface area contributed by atoms with E-state index in [9.17, 15) is 14.4 Å². The molecule has 0 aliphatic rings. The largest absolute Gasteiger partial charge is 0.466 e. The Morgan fingerprint density at radius 3 is 1.93 bits per heavy atom. The first-order valence-electron chi connectivity index (χ1n) is 11.7. The smallest absolute Gasteiger partial charge is 0.328 e. The Hall–Kier alpha value is -1.37. The lowest BCUT2D eigenvalue weighted by molar-refractivity contribution is -0.144. The van der Waals surface area contributed by atoms with Gasteiger partial charge in [0.2, 0.25) is 0 Å². The molecular weight excluding hydrogens is 448 g/mol. The van der Waals surface area contributed by atoms with Crippen LogP contribution in [0.25, 0.3) is 0 Å². The molecule has 1 aromatic rings. The van der Waals surface area contributed by atoms with Gasteiger partial charge in [0, 0.05) is 12.7 Å². The normalized spacial score (nSPS) is 11.0. The van der Waals surface area contributed by atoms with E-state index >= 15 is 0 Å². The Kier molecular flexibility index (Phi) is 15.4. The number of halogens is 1. The van der Waals surface area contributed by atoms with Gasteiger partial charge in [0.25, 0.3) is 5.56 Å². The summed E-state index contributed by atoms with van der Waals surface area (Å²) in [7, 11) is 0. The van der Waals surface area contributed by atoms with Crippen molar-refractivity contribution in [2.24, 2.45) is 0 Å². The van der Waals surface area contributed by atoms with E-state index in [1.165, 1.54) is 87.8 Å². The van der Waals surface area contributed by atoms with Crippen LogP contribution in [0.3, 0.4) is 0 Å². The van der Waals surface area contributed by atoms with Crippen LogP contribution in [0.15, 0.2) is 20.3 Å². The lowest BCUT2D eigenvalue weighted by atomic mass is 10.0. The van der Waals surface area contributed by atoms with Crippen LogP contribution in [0.2, 0.25) is 0 Å². The quantitative estimate of drug-likeness (QED) is 0.212. The maximum absolute atomic E-state index is 11.8. The standard InChI is InChI=1S/C23H39BrN2O4/c1-2-3-4-5-6-7-8-9-10-11-12-13-14-15-18-30-21(27)16-17-26-19-20(24)22(28)25-23(26)29/h19H,2-18H2,1H3,(H,25,28,29). The third-order valence-electron chi connectivity index (χ3n) is 5.29. The van der Waals surface area contributed by atoms with Gasteiger partial charge in [-0.1, -0.05) is 90.4 Å². The van der Waals surface area contributed by atoms with Gasteiger partial charge in [-0.05, 0) is 22.4 Å². The number of aryl methyl sites for hydroxylation is 1. The second-order valence-electron chi connectivity index (χ2n) is 8.00. The molecule has 0 amide bonds. The molecule has 1 heterocycles. The van der Waals surface area contributed by atoms with Gasteiger partial charge in [0.15, 0.2) is 0 Å². The monoisotopic (exact) mass is 486 g/mol. The number of hydrogen-bond donors (Lipinski definition) is 1. The van der Waals surface area contributed by atoms with Crippen molar-refractivity contribution in [3.63, 3.8) is 0 Å². The highest BCUT2D eigenvalue weighted by Gasteiger charge is 2.06. The van der Waals surface area contributed by atoms with Crippen LogP contribution in [-0.4, -0.2) is 22.1 Å². The molecule has 1 aromatic heterocycles. The number of carbonyl (C=O) groups is 1. The first-order valence-corrected chi connectivity index (χ1v) is 12.5. The van der Waals surface area contributed by atoms with Gasteiger partial charge in [0.1, 0.15) is 0 Å².